The Morgan fingerprint density at radius 3 is 2.56 bits per heavy atom. The Balaban J connectivity index is 2.13. The maximum atomic E-state index is 12.6. The molecule has 0 aliphatic heterocycles. The number of benzene rings is 1. The van der Waals surface area contributed by atoms with Crippen LogP contribution in [0.5, 0.6) is 0 Å². The summed E-state index contributed by atoms with van der Waals surface area (Å²) in [6.07, 6.45) is 4.55. The minimum absolute atomic E-state index is 0.0833. The summed E-state index contributed by atoms with van der Waals surface area (Å²) in [4.78, 5) is 13.6. The van der Waals surface area contributed by atoms with Crippen molar-refractivity contribution in [1.82, 2.24) is 5.32 Å². The number of carbonyl (C=O) groups is 1. The number of thioether (sulfide) groups is 1. The molecule has 5 nitrogen and oxygen atoms in total. The molecule has 1 amide bonds. The van der Waals surface area contributed by atoms with E-state index in [0.29, 0.717) is 22.8 Å². The van der Waals surface area contributed by atoms with Gasteiger partial charge in [0, 0.05) is 11.4 Å². The Labute approximate surface area is 155 Å². The zero-order chi connectivity index (χ0) is 18.5. The summed E-state index contributed by atoms with van der Waals surface area (Å²) in [7, 11) is -3.32. The van der Waals surface area contributed by atoms with Gasteiger partial charge >= 0.3 is 0 Å². The van der Waals surface area contributed by atoms with Gasteiger partial charge in [-0.05, 0) is 38.3 Å². The van der Waals surface area contributed by atoms with E-state index in [4.69, 9.17) is 5.73 Å². The number of hydrogen-bond acceptors (Lipinski definition) is 5. The van der Waals surface area contributed by atoms with Crippen LogP contribution in [0.25, 0.3) is 0 Å². The highest BCUT2D eigenvalue weighted by Gasteiger charge is 2.35. The molecule has 1 atom stereocenters. The largest absolute Gasteiger partial charge is 0.348 e. The Kier molecular flexibility index (Phi) is 6.93. The van der Waals surface area contributed by atoms with Gasteiger partial charge in [-0.15, -0.1) is 11.8 Å². The second-order valence-corrected chi connectivity index (χ2v) is 10.2. The predicted molar refractivity (Wildman–Crippen MR) is 103 cm³/mol. The van der Waals surface area contributed by atoms with E-state index in [2.05, 4.69) is 5.32 Å². The van der Waals surface area contributed by atoms with E-state index in [1.54, 1.807) is 24.3 Å². The summed E-state index contributed by atoms with van der Waals surface area (Å²) < 4.78 is 24.9. The van der Waals surface area contributed by atoms with E-state index >= 15 is 0 Å². The molecular formula is C18H28N2O3S2. The van der Waals surface area contributed by atoms with Crippen LogP contribution in [0.3, 0.4) is 0 Å². The second-order valence-electron chi connectivity index (χ2n) is 6.71. The molecule has 140 valence electrons. The maximum absolute atomic E-state index is 12.6. The van der Waals surface area contributed by atoms with Crippen molar-refractivity contribution in [2.45, 2.75) is 66.5 Å². The minimum Gasteiger partial charge on any atom is -0.348 e. The molecule has 1 unspecified atom stereocenters. The van der Waals surface area contributed by atoms with E-state index in [1.165, 1.54) is 11.8 Å². The van der Waals surface area contributed by atoms with Crippen LogP contribution >= 0.6 is 11.8 Å². The number of hydrogen-bond donors (Lipinski definition) is 2. The molecule has 1 aliphatic rings. The lowest BCUT2D eigenvalue weighted by Crippen LogP contribution is -2.53. The van der Waals surface area contributed by atoms with Gasteiger partial charge in [-0.3, -0.25) is 4.79 Å². The highest BCUT2D eigenvalue weighted by atomic mass is 32.2. The monoisotopic (exact) mass is 384 g/mol. The van der Waals surface area contributed by atoms with Gasteiger partial charge in [-0.2, -0.15) is 0 Å². The first kappa shape index (κ1) is 20.3. The molecule has 0 bridgehead atoms. The van der Waals surface area contributed by atoms with Crippen LogP contribution in [0.15, 0.2) is 34.1 Å². The molecule has 7 heteroatoms. The van der Waals surface area contributed by atoms with Crippen molar-refractivity contribution in [3.8, 4) is 0 Å². The van der Waals surface area contributed by atoms with E-state index in [-0.39, 0.29) is 22.4 Å². The lowest BCUT2D eigenvalue weighted by Gasteiger charge is -2.30. The molecule has 0 heterocycles. The zero-order valence-corrected chi connectivity index (χ0v) is 16.6. The summed E-state index contributed by atoms with van der Waals surface area (Å²) in [5.41, 5.74) is 5.59. The number of sulfone groups is 1. The smallest absolute Gasteiger partial charge is 0.233 e. The molecule has 1 aliphatic carbocycles. The third-order valence-electron chi connectivity index (χ3n) is 4.67. The Hall–Kier alpha value is -1.05. The molecular weight excluding hydrogens is 356 g/mol. The Morgan fingerprint density at radius 1 is 1.32 bits per heavy atom. The summed E-state index contributed by atoms with van der Waals surface area (Å²) >= 11 is 1.29. The lowest BCUT2D eigenvalue weighted by molar-refractivity contribution is -0.122. The van der Waals surface area contributed by atoms with Crippen molar-refractivity contribution < 1.29 is 13.2 Å². The number of rotatable bonds is 8. The van der Waals surface area contributed by atoms with Gasteiger partial charge in [0.25, 0.3) is 0 Å². The fraction of sp³-hybridized carbons (Fsp3) is 0.611. The normalized spacial score (nSPS) is 18.0. The van der Waals surface area contributed by atoms with Crippen molar-refractivity contribution in [2.75, 3.05) is 12.3 Å². The van der Waals surface area contributed by atoms with E-state index in [0.717, 1.165) is 25.7 Å². The van der Waals surface area contributed by atoms with Crippen LogP contribution in [0.1, 0.15) is 46.0 Å². The van der Waals surface area contributed by atoms with E-state index in [9.17, 15) is 13.2 Å². The van der Waals surface area contributed by atoms with Crippen molar-refractivity contribution >= 4 is 27.5 Å². The Morgan fingerprint density at radius 2 is 1.96 bits per heavy atom. The fourth-order valence-corrected chi connectivity index (χ4v) is 6.05. The molecule has 0 aromatic heterocycles. The lowest BCUT2D eigenvalue weighted by atomic mass is 9.98. The second kappa shape index (κ2) is 8.56. The first-order valence-electron chi connectivity index (χ1n) is 8.84. The zero-order valence-electron chi connectivity index (χ0n) is 15.0. The maximum Gasteiger partial charge on any atom is 0.233 e. The highest BCUT2D eigenvalue weighted by Crippen LogP contribution is 2.33. The number of carbonyl (C=O) groups excluding carboxylic acids is 1. The first-order chi connectivity index (χ1) is 11.8. The van der Waals surface area contributed by atoms with Crippen LogP contribution in [0, 0.1) is 0 Å². The molecule has 1 aromatic rings. The fourth-order valence-electron chi connectivity index (χ4n) is 3.22. The van der Waals surface area contributed by atoms with Gasteiger partial charge in [0.2, 0.25) is 5.91 Å². The summed E-state index contributed by atoms with van der Waals surface area (Å²) in [6.45, 7) is 4.09. The van der Waals surface area contributed by atoms with E-state index < -0.39 is 9.84 Å². The average Bonchev–Trinajstić information content (AvgIpc) is 3.04. The van der Waals surface area contributed by atoms with Crippen LogP contribution in [0.4, 0.5) is 0 Å². The van der Waals surface area contributed by atoms with Crippen molar-refractivity contribution in [2.24, 2.45) is 5.73 Å². The minimum atomic E-state index is -3.32. The summed E-state index contributed by atoms with van der Waals surface area (Å²) in [5.74, 6) is 0.0292. The van der Waals surface area contributed by atoms with Crippen molar-refractivity contribution in [3.05, 3.63) is 24.3 Å². The molecule has 1 saturated carbocycles. The van der Waals surface area contributed by atoms with Crippen LogP contribution in [0.2, 0.25) is 0 Å². The van der Waals surface area contributed by atoms with E-state index in [1.807, 2.05) is 13.8 Å². The molecule has 0 radical (unpaired) electrons. The number of amides is 1. The third-order valence-corrected chi connectivity index (χ3v) is 7.95. The van der Waals surface area contributed by atoms with Crippen LogP contribution < -0.4 is 11.1 Å². The van der Waals surface area contributed by atoms with Gasteiger partial charge in [-0.25, -0.2) is 8.42 Å². The van der Waals surface area contributed by atoms with Gasteiger partial charge in [-0.1, -0.05) is 31.9 Å². The van der Waals surface area contributed by atoms with Gasteiger partial charge in [0.15, 0.2) is 9.84 Å². The molecule has 1 aromatic carbocycles. The third kappa shape index (κ3) is 4.99. The van der Waals surface area contributed by atoms with Gasteiger partial charge in [0.05, 0.1) is 21.4 Å². The van der Waals surface area contributed by atoms with Crippen molar-refractivity contribution in [3.63, 3.8) is 0 Å². The topological polar surface area (TPSA) is 89.3 Å². The van der Waals surface area contributed by atoms with Crippen LogP contribution in [-0.4, -0.2) is 37.4 Å². The molecule has 2 rings (SSSR count). The molecule has 25 heavy (non-hydrogen) atoms. The Bertz CT molecular complexity index is 698. The quantitative estimate of drug-likeness (QED) is 0.673. The van der Waals surface area contributed by atoms with Gasteiger partial charge < -0.3 is 11.1 Å². The number of nitrogens with two attached hydrogens (primary N) is 1. The standard InChI is InChI=1S/C18H28N2O3S2/c1-3-12-25(22,23)16-9-5-4-8-15(16)24-14(2)17(21)20-18(13-19)10-6-7-11-18/h4-5,8-9,14H,3,6-7,10-13,19H2,1-2H3,(H,20,21). The molecule has 1 fully saturated rings. The summed E-state index contributed by atoms with van der Waals surface area (Å²) in [5, 5.41) is 2.72. The molecule has 3 N–H and O–H groups in total. The SMILES string of the molecule is CCCS(=O)(=O)c1ccccc1SC(C)C(=O)NC1(CN)CCCC1. The average molecular weight is 385 g/mol. The first-order valence-corrected chi connectivity index (χ1v) is 11.4. The van der Waals surface area contributed by atoms with Crippen LogP contribution in [-0.2, 0) is 14.6 Å². The molecule has 0 saturated heterocycles. The van der Waals surface area contributed by atoms with Gasteiger partial charge in [0.1, 0.15) is 0 Å². The molecule has 0 spiro atoms. The van der Waals surface area contributed by atoms with Crippen molar-refractivity contribution in [1.29, 1.82) is 0 Å². The summed E-state index contributed by atoms with van der Waals surface area (Å²) in [6, 6.07) is 6.91. The highest BCUT2D eigenvalue weighted by molar-refractivity contribution is 8.01. The number of nitrogens with one attached hydrogen (secondary N) is 1. The predicted octanol–water partition coefficient (Wildman–Crippen LogP) is 2.74.